The van der Waals surface area contributed by atoms with Crippen LogP contribution in [-0.4, -0.2) is 34.1 Å². The van der Waals surface area contributed by atoms with Gasteiger partial charge in [0.15, 0.2) is 17.2 Å². The molecule has 0 spiro atoms. The van der Waals surface area contributed by atoms with Crippen molar-refractivity contribution in [2.45, 2.75) is 52.0 Å². The molecule has 7 nitrogen and oxygen atoms in total. The minimum absolute atomic E-state index is 0.137. The number of benzene rings is 1. The summed E-state index contributed by atoms with van der Waals surface area (Å²) in [6, 6.07) is 13.1. The number of hydrogen-bond donors (Lipinski definition) is 0. The maximum absolute atomic E-state index is 13.3. The van der Waals surface area contributed by atoms with E-state index in [-0.39, 0.29) is 5.91 Å². The molecule has 4 rings (SSSR count). The molecule has 1 aromatic carbocycles. The van der Waals surface area contributed by atoms with Gasteiger partial charge in [0, 0.05) is 30.8 Å². The molecule has 0 radical (unpaired) electrons. The smallest absolute Gasteiger partial charge is 0.276 e. The van der Waals surface area contributed by atoms with Gasteiger partial charge in [-0.05, 0) is 37.5 Å². The SMILES string of the molecule is CCCc1cc(C(=O)N2CCCCCCOc3ccccc3Oc3ncccc3C2)no1. The van der Waals surface area contributed by atoms with Crippen LogP contribution in [0.15, 0.2) is 53.2 Å². The molecular formula is C25H29N3O4. The number of para-hydroxylation sites is 2. The first kappa shape index (κ1) is 21.9. The number of aromatic nitrogens is 2. The lowest BCUT2D eigenvalue weighted by atomic mass is 10.1. The molecule has 1 amide bonds. The lowest BCUT2D eigenvalue weighted by Gasteiger charge is -2.23. The number of nitrogens with zero attached hydrogens (tertiary/aromatic N) is 3. The lowest BCUT2D eigenvalue weighted by molar-refractivity contribution is 0.0727. The van der Waals surface area contributed by atoms with Crippen LogP contribution < -0.4 is 9.47 Å². The molecular weight excluding hydrogens is 406 g/mol. The van der Waals surface area contributed by atoms with E-state index in [1.165, 1.54) is 0 Å². The maximum Gasteiger partial charge on any atom is 0.276 e. The van der Waals surface area contributed by atoms with Crippen molar-refractivity contribution in [1.29, 1.82) is 0 Å². The third-order valence-corrected chi connectivity index (χ3v) is 5.41. The molecule has 0 saturated heterocycles. The highest BCUT2D eigenvalue weighted by molar-refractivity contribution is 5.92. The largest absolute Gasteiger partial charge is 0.490 e. The Kier molecular flexibility index (Phi) is 7.38. The van der Waals surface area contributed by atoms with Crippen molar-refractivity contribution < 1.29 is 18.8 Å². The average molecular weight is 436 g/mol. The molecule has 0 N–H and O–H groups in total. The molecule has 2 aromatic heterocycles. The zero-order chi connectivity index (χ0) is 22.2. The van der Waals surface area contributed by atoms with E-state index in [0.717, 1.165) is 49.8 Å². The molecule has 1 aliphatic rings. The van der Waals surface area contributed by atoms with E-state index in [2.05, 4.69) is 17.1 Å². The molecule has 7 heteroatoms. The second kappa shape index (κ2) is 10.8. The Morgan fingerprint density at radius 1 is 1.06 bits per heavy atom. The lowest BCUT2D eigenvalue weighted by Crippen LogP contribution is -2.32. The fraction of sp³-hybridized carbons (Fsp3) is 0.400. The third kappa shape index (κ3) is 5.46. The van der Waals surface area contributed by atoms with E-state index >= 15 is 0 Å². The number of pyridine rings is 1. The second-order valence-corrected chi connectivity index (χ2v) is 7.93. The van der Waals surface area contributed by atoms with Crippen LogP contribution in [0.5, 0.6) is 17.4 Å². The molecule has 1 aliphatic heterocycles. The molecule has 0 bridgehead atoms. The molecule has 168 valence electrons. The van der Waals surface area contributed by atoms with Gasteiger partial charge in [0.25, 0.3) is 5.91 Å². The predicted octanol–water partition coefficient (Wildman–Crippen LogP) is 5.41. The summed E-state index contributed by atoms with van der Waals surface area (Å²) in [6.07, 6.45) is 7.29. The number of amides is 1. The van der Waals surface area contributed by atoms with Crippen molar-refractivity contribution in [1.82, 2.24) is 15.0 Å². The summed E-state index contributed by atoms with van der Waals surface area (Å²) in [5.74, 6) is 2.37. The Bertz CT molecular complexity index is 1030. The Morgan fingerprint density at radius 3 is 2.78 bits per heavy atom. The van der Waals surface area contributed by atoms with Gasteiger partial charge < -0.3 is 18.9 Å². The standard InChI is InChI=1S/C25H29N3O4/c1-2-10-20-17-21(27-32-20)25(29)28-15-7-3-4-8-16-30-22-12-5-6-13-23(22)31-24-19(18-28)11-9-14-26-24/h5-6,9,11-14,17H,2-4,7-8,10,15-16,18H2,1H3. The van der Waals surface area contributed by atoms with Gasteiger partial charge in [0.2, 0.25) is 5.88 Å². The molecule has 0 aliphatic carbocycles. The van der Waals surface area contributed by atoms with Gasteiger partial charge in [-0.2, -0.15) is 0 Å². The van der Waals surface area contributed by atoms with Crippen LogP contribution in [0.25, 0.3) is 0 Å². The summed E-state index contributed by atoms with van der Waals surface area (Å²) in [6.45, 7) is 3.69. The van der Waals surface area contributed by atoms with Crippen molar-refractivity contribution >= 4 is 5.91 Å². The summed E-state index contributed by atoms with van der Waals surface area (Å²) in [5.41, 5.74) is 1.17. The number of carbonyl (C=O) groups excluding carboxylic acids is 1. The number of hydrogen-bond acceptors (Lipinski definition) is 6. The van der Waals surface area contributed by atoms with Crippen molar-refractivity contribution in [2.75, 3.05) is 13.2 Å². The average Bonchev–Trinajstić information content (AvgIpc) is 3.28. The van der Waals surface area contributed by atoms with Gasteiger partial charge in [-0.1, -0.05) is 43.1 Å². The van der Waals surface area contributed by atoms with Crippen LogP contribution in [0.1, 0.15) is 60.8 Å². The minimum Gasteiger partial charge on any atom is -0.490 e. The van der Waals surface area contributed by atoms with Gasteiger partial charge in [0.05, 0.1) is 13.2 Å². The van der Waals surface area contributed by atoms with Crippen LogP contribution >= 0.6 is 0 Å². The summed E-state index contributed by atoms with van der Waals surface area (Å²) in [4.78, 5) is 19.5. The quantitative estimate of drug-likeness (QED) is 0.547. The first-order valence-electron chi connectivity index (χ1n) is 11.3. The monoisotopic (exact) mass is 435 g/mol. The van der Waals surface area contributed by atoms with Gasteiger partial charge in [-0.3, -0.25) is 4.79 Å². The molecule has 0 saturated carbocycles. The van der Waals surface area contributed by atoms with Crippen molar-refractivity contribution in [3.63, 3.8) is 0 Å². The Balaban J connectivity index is 1.62. The van der Waals surface area contributed by atoms with Crippen molar-refractivity contribution in [3.05, 3.63) is 65.7 Å². The van der Waals surface area contributed by atoms with Gasteiger partial charge in [-0.25, -0.2) is 4.98 Å². The van der Waals surface area contributed by atoms with Crippen LogP contribution in [0.4, 0.5) is 0 Å². The van der Waals surface area contributed by atoms with E-state index in [1.54, 1.807) is 12.3 Å². The van der Waals surface area contributed by atoms with Gasteiger partial charge in [-0.15, -0.1) is 0 Å². The zero-order valence-corrected chi connectivity index (χ0v) is 18.5. The summed E-state index contributed by atoms with van der Waals surface area (Å²) in [5, 5.41) is 4.02. The summed E-state index contributed by atoms with van der Waals surface area (Å²) in [7, 11) is 0. The molecule has 0 fully saturated rings. The van der Waals surface area contributed by atoms with E-state index in [1.807, 2.05) is 41.3 Å². The normalized spacial score (nSPS) is 15.0. The fourth-order valence-electron chi connectivity index (χ4n) is 3.73. The number of fused-ring (bicyclic) bond motifs is 2. The number of ether oxygens (including phenoxy) is 2. The highest BCUT2D eigenvalue weighted by Gasteiger charge is 2.22. The van der Waals surface area contributed by atoms with Crippen LogP contribution in [-0.2, 0) is 13.0 Å². The second-order valence-electron chi connectivity index (χ2n) is 7.93. The van der Waals surface area contributed by atoms with Crippen LogP contribution in [0.3, 0.4) is 0 Å². The molecule has 0 unspecified atom stereocenters. The Hall–Kier alpha value is -3.35. The van der Waals surface area contributed by atoms with E-state index in [4.69, 9.17) is 14.0 Å². The number of carbonyl (C=O) groups is 1. The first-order chi connectivity index (χ1) is 15.7. The summed E-state index contributed by atoms with van der Waals surface area (Å²) >= 11 is 0. The van der Waals surface area contributed by atoms with Crippen LogP contribution in [0, 0.1) is 0 Å². The molecule has 3 aromatic rings. The van der Waals surface area contributed by atoms with Gasteiger partial charge in [0.1, 0.15) is 5.76 Å². The number of rotatable bonds is 3. The van der Waals surface area contributed by atoms with Gasteiger partial charge >= 0.3 is 0 Å². The Labute approximate surface area is 188 Å². The topological polar surface area (TPSA) is 77.7 Å². The first-order valence-corrected chi connectivity index (χ1v) is 11.3. The van der Waals surface area contributed by atoms with Crippen molar-refractivity contribution in [2.24, 2.45) is 0 Å². The van der Waals surface area contributed by atoms with E-state index < -0.39 is 0 Å². The maximum atomic E-state index is 13.3. The molecule has 32 heavy (non-hydrogen) atoms. The highest BCUT2D eigenvalue weighted by Crippen LogP contribution is 2.32. The predicted molar refractivity (Wildman–Crippen MR) is 120 cm³/mol. The molecule has 0 atom stereocenters. The fourth-order valence-corrected chi connectivity index (χ4v) is 3.73. The summed E-state index contributed by atoms with van der Waals surface area (Å²) < 4.78 is 17.4. The third-order valence-electron chi connectivity index (χ3n) is 5.41. The highest BCUT2D eigenvalue weighted by atomic mass is 16.5. The van der Waals surface area contributed by atoms with E-state index in [9.17, 15) is 4.79 Å². The molecule has 3 heterocycles. The Morgan fingerprint density at radius 2 is 1.91 bits per heavy atom. The van der Waals surface area contributed by atoms with Crippen molar-refractivity contribution in [3.8, 4) is 17.4 Å². The van der Waals surface area contributed by atoms with Crippen LogP contribution in [0.2, 0.25) is 0 Å². The zero-order valence-electron chi connectivity index (χ0n) is 18.5. The van der Waals surface area contributed by atoms with E-state index in [0.29, 0.717) is 42.8 Å². The minimum atomic E-state index is -0.137. The number of aryl methyl sites for hydroxylation is 1.